The van der Waals surface area contributed by atoms with Crippen molar-refractivity contribution in [2.45, 2.75) is 0 Å². The molecule has 3 heterocycles. The van der Waals surface area contributed by atoms with Gasteiger partial charge in [-0.15, -0.1) is 11.3 Å². The quantitative estimate of drug-likeness (QED) is 0.480. The van der Waals surface area contributed by atoms with Crippen LogP contribution in [-0.4, -0.2) is 61.2 Å². The van der Waals surface area contributed by atoms with Gasteiger partial charge >= 0.3 is 0 Å². The van der Waals surface area contributed by atoms with Gasteiger partial charge in [0.2, 0.25) is 0 Å². The maximum absolute atomic E-state index is 12.9. The van der Waals surface area contributed by atoms with Gasteiger partial charge in [-0.3, -0.25) is 4.79 Å². The van der Waals surface area contributed by atoms with Gasteiger partial charge in [0, 0.05) is 26.2 Å². The molecule has 0 atom stereocenters. The average molecular weight is 441 g/mol. The van der Waals surface area contributed by atoms with Crippen molar-refractivity contribution in [1.29, 1.82) is 0 Å². The Morgan fingerprint density at radius 1 is 0.933 bits per heavy atom. The summed E-state index contributed by atoms with van der Waals surface area (Å²) in [6, 6.07) is 11.6. The fraction of sp³-hybridized carbons (Fsp3) is 0.286. The third-order valence-electron chi connectivity index (χ3n) is 5.21. The molecule has 1 aliphatic heterocycles. The van der Waals surface area contributed by atoms with Gasteiger partial charge in [-0.1, -0.05) is 23.5 Å². The second-order valence-electron chi connectivity index (χ2n) is 6.91. The van der Waals surface area contributed by atoms with Crippen molar-refractivity contribution in [1.82, 2.24) is 14.9 Å². The van der Waals surface area contributed by atoms with Gasteiger partial charge in [-0.2, -0.15) is 0 Å². The number of fused-ring (bicyclic) bond motifs is 2. The Kier molecular flexibility index (Phi) is 4.92. The highest BCUT2D eigenvalue weighted by Crippen LogP contribution is 2.40. The van der Waals surface area contributed by atoms with E-state index in [9.17, 15) is 4.79 Å². The second kappa shape index (κ2) is 7.73. The van der Waals surface area contributed by atoms with Crippen LogP contribution in [0.4, 0.5) is 5.13 Å². The first-order valence-electron chi connectivity index (χ1n) is 9.59. The Morgan fingerprint density at radius 3 is 2.40 bits per heavy atom. The van der Waals surface area contributed by atoms with E-state index in [1.807, 2.05) is 41.3 Å². The zero-order chi connectivity index (χ0) is 20.7. The summed E-state index contributed by atoms with van der Waals surface area (Å²) in [6.45, 7) is 2.72. The molecular weight excluding hydrogens is 420 g/mol. The monoisotopic (exact) mass is 440 g/mol. The smallest absolute Gasteiger partial charge is 0.282 e. The third-order valence-corrected chi connectivity index (χ3v) is 7.37. The molecule has 0 radical (unpaired) electrons. The van der Waals surface area contributed by atoms with Crippen LogP contribution in [-0.2, 0) is 0 Å². The highest BCUT2D eigenvalue weighted by molar-refractivity contribution is 7.22. The number of carbonyl (C=O) groups excluding carboxylic acids is 1. The van der Waals surface area contributed by atoms with Crippen LogP contribution < -0.4 is 14.4 Å². The Bertz CT molecular complexity index is 1150. The number of anilines is 1. The molecule has 5 rings (SSSR count). The maximum Gasteiger partial charge on any atom is 0.282 e. The molecular formula is C21H20N4O3S2. The molecule has 2 aromatic heterocycles. The first-order valence-corrected chi connectivity index (χ1v) is 11.2. The molecule has 1 fully saturated rings. The van der Waals surface area contributed by atoms with E-state index in [4.69, 9.17) is 14.5 Å². The first kappa shape index (κ1) is 19.1. The minimum Gasteiger partial charge on any atom is -0.495 e. The summed E-state index contributed by atoms with van der Waals surface area (Å²) in [5.74, 6) is 1.53. The molecule has 0 spiro atoms. The highest BCUT2D eigenvalue weighted by Gasteiger charge is 2.26. The summed E-state index contributed by atoms with van der Waals surface area (Å²) in [5.41, 5.74) is 1.69. The van der Waals surface area contributed by atoms with Gasteiger partial charge in [0.25, 0.3) is 5.91 Å². The van der Waals surface area contributed by atoms with Crippen LogP contribution in [0.2, 0.25) is 0 Å². The summed E-state index contributed by atoms with van der Waals surface area (Å²) < 4.78 is 13.0. The molecule has 0 bridgehead atoms. The van der Waals surface area contributed by atoms with Crippen molar-refractivity contribution in [3.8, 4) is 11.5 Å². The lowest BCUT2D eigenvalue weighted by atomic mass is 10.3. The van der Waals surface area contributed by atoms with Crippen LogP contribution in [0.3, 0.4) is 0 Å². The first-order chi connectivity index (χ1) is 14.7. The van der Waals surface area contributed by atoms with Crippen molar-refractivity contribution < 1.29 is 14.3 Å². The number of hydrogen-bond acceptors (Lipinski definition) is 8. The van der Waals surface area contributed by atoms with E-state index in [0.717, 1.165) is 50.2 Å². The van der Waals surface area contributed by atoms with Gasteiger partial charge in [-0.05, 0) is 24.3 Å². The molecule has 0 aliphatic carbocycles. The number of nitrogens with zero attached hydrogens (tertiary/aromatic N) is 4. The number of benzene rings is 2. The van der Waals surface area contributed by atoms with Crippen molar-refractivity contribution in [2.75, 3.05) is 45.3 Å². The number of carbonyl (C=O) groups is 1. The molecule has 4 aromatic rings. The highest BCUT2D eigenvalue weighted by atomic mass is 32.1. The Labute approximate surface area is 181 Å². The summed E-state index contributed by atoms with van der Waals surface area (Å²) >= 11 is 3.04. The number of amides is 1. The second-order valence-corrected chi connectivity index (χ2v) is 8.92. The van der Waals surface area contributed by atoms with Crippen molar-refractivity contribution in [2.24, 2.45) is 0 Å². The van der Waals surface area contributed by atoms with Gasteiger partial charge in [0.05, 0.1) is 24.4 Å². The van der Waals surface area contributed by atoms with Gasteiger partial charge in [0.1, 0.15) is 21.7 Å². The van der Waals surface area contributed by atoms with Crippen molar-refractivity contribution >= 4 is 54.1 Å². The lowest BCUT2D eigenvalue weighted by molar-refractivity contribution is 0.0746. The Balaban J connectivity index is 1.33. The number of aromatic nitrogens is 2. The minimum absolute atomic E-state index is 0.00323. The zero-order valence-corrected chi connectivity index (χ0v) is 18.3. The molecule has 2 aromatic carbocycles. The molecule has 1 amide bonds. The van der Waals surface area contributed by atoms with E-state index < -0.39 is 0 Å². The summed E-state index contributed by atoms with van der Waals surface area (Å²) in [7, 11) is 3.31. The fourth-order valence-corrected chi connectivity index (χ4v) is 5.67. The van der Waals surface area contributed by atoms with Crippen LogP contribution in [0.25, 0.3) is 20.4 Å². The molecule has 1 aliphatic rings. The topological polar surface area (TPSA) is 67.8 Å². The molecule has 154 valence electrons. The summed E-state index contributed by atoms with van der Waals surface area (Å²) in [4.78, 5) is 26.3. The fourth-order valence-electron chi connectivity index (χ4n) is 3.61. The molecule has 1 saturated heterocycles. The van der Waals surface area contributed by atoms with Crippen LogP contribution >= 0.6 is 22.7 Å². The Morgan fingerprint density at radius 2 is 1.67 bits per heavy atom. The van der Waals surface area contributed by atoms with Crippen LogP contribution in [0, 0.1) is 0 Å². The predicted molar refractivity (Wildman–Crippen MR) is 120 cm³/mol. The molecule has 7 nitrogen and oxygen atoms in total. The van der Waals surface area contributed by atoms with Gasteiger partial charge in [0.15, 0.2) is 10.1 Å². The third kappa shape index (κ3) is 3.23. The minimum atomic E-state index is 0.00323. The van der Waals surface area contributed by atoms with Crippen LogP contribution in [0.15, 0.2) is 36.4 Å². The normalized spacial score (nSPS) is 14.5. The molecule has 30 heavy (non-hydrogen) atoms. The number of thiazole rings is 2. The number of para-hydroxylation sites is 1. The predicted octanol–water partition coefficient (Wildman–Crippen LogP) is 3.89. The largest absolute Gasteiger partial charge is 0.495 e. The standard InChI is InChI=1S/C21H20N4O3S2/c1-27-14-7-8-15(28-2)18-17(14)23-21(30-18)25-11-9-24(10-12-25)20(26)19-22-13-5-3-4-6-16(13)29-19/h3-8H,9-12H2,1-2H3. The van der Waals surface area contributed by atoms with Crippen LogP contribution in [0.5, 0.6) is 11.5 Å². The number of methoxy groups -OCH3 is 2. The number of rotatable bonds is 4. The Hall–Kier alpha value is -2.91. The van der Waals surface area contributed by atoms with Gasteiger partial charge in [-0.25, -0.2) is 9.97 Å². The van der Waals surface area contributed by atoms with E-state index in [1.54, 1.807) is 25.6 Å². The molecule has 0 N–H and O–H groups in total. The SMILES string of the molecule is COc1ccc(OC)c2sc(N3CCN(C(=O)c4nc5ccccc5s4)CC3)nc12. The van der Waals surface area contributed by atoms with Crippen LogP contribution in [0.1, 0.15) is 9.80 Å². The van der Waals surface area contributed by atoms with E-state index in [2.05, 4.69) is 9.88 Å². The van der Waals surface area contributed by atoms with Crippen molar-refractivity contribution in [3.63, 3.8) is 0 Å². The van der Waals surface area contributed by atoms with E-state index in [-0.39, 0.29) is 5.91 Å². The molecule has 0 unspecified atom stereocenters. The average Bonchev–Trinajstić information content (AvgIpc) is 3.43. The van der Waals surface area contributed by atoms with E-state index in [0.29, 0.717) is 18.1 Å². The zero-order valence-electron chi connectivity index (χ0n) is 16.6. The lowest BCUT2D eigenvalue weighted by Gasteiger charge is -2.34. The number of hydrogen-bond donors (Lipinski definition) is 0. The van der Waals surface area contributed by atoms with E-state index in [1.165, 1.54) is 11.3 Å². The number of ether oxygens (including phenoxy) is 2. The summed E-state index contributed by atoms with van der Waals surface area (Å²) in [5, 5.41) is 1.47. The number of piperazine rings is 1. The maximum atomic E-state index is 12.9. The molecule has 9 heteroatoms. The van der Waals surface area contributed by atoms with E-state index >= 15 is 0 Å². The lowest BCUT2D eigenvalue weighted by Crippen LogP contribution is -2.48. The summed E-state index contributed by atoms with van der Waals surface area (Å²) in [6.07, 6.45) is 0. The molecule has 0 saturated carbocycles. The van der Waals surface area contributed by atoms with Gasteiger partial charge < -0.3 is 19.3 Å². The van der Waals surface area contributed by atoms with Crippen molar-refractivity contribution in [3.05, 3.63) is 41.4 Å².